The molecule has 0 aliphatic heterocycles. The lowest BCUT2D eigenvalue weighted by atomic mass is 10.0. The van der Waals surface area contributed by atoms with Gasteiger partial charge in [0.25, 0.3) is 0 Å². The topological polar surface area (TPSA) is 66.8 Å². The van der Waals surface area contributed by atoms with Gasteiger partial charge in [-0.15, -0.1) is 0 Å². The molecule has 0 radical (unpaired) electrons. The number of amides is 1. The van der Waals surface area contributed by atoms with Crippen LogP contribution in [0.3, 0.4) is 0 Å². The van der Waals surface area contributed by atoms with Crippen molar-refractivity contribution in [3.8, 4) is 11.1 Å². The first kappa shape index (κ1) is 19.7. The van der Waals surface area contributed by atoms with Crippen LogP contribution in [0.1, 0.15) is 22.3 Å². The van der Waals surface area contributed by atoms with Crippen molar-refractivity contribution >= 4 is 12.1 Å². The van der Waals surface area contributed by atoms with Crippen molar-refractivity contribution in [3.05, 3.63) is 95.1 Å². The molecular formula is C25H23NO4. The van der Waals surface area contributed by atoms with Gasteiger partial charge in [-0.05, 0) is 39.8 Å². The molecule has 5 heteroatoms. The molecule has 3 aromatic carbocycles. The van der Waals surface area contributed by atoms with Crippen LogP contribution < -0.4 is 0 Å². The van der Waals surface area contributed by atoms with E-state index in [0.717, 1.165) is 28.0 Å². The van der Waals surface area contributed by atoms with Crippen LogP contribution in [-0.2, 0) is 29.0 Å². The highest BCUT2D eigenvalue weighted by Gasteiger charge is 2.28. The van der Waals surface area contributed by atoms with E-state index in [0.29, 0.717) is 0 Å². The van der Waals surface area contributed by atoms with E-state index in [-0.39, 0.29) is 13.0 Å². The monoisotopic (exact) mass is 401 g/mol. The normalized spacial score (nSPS) is 12.6. The van der Waals surface area contributed by atoms with E-state index in [1.54, 1.807) is 0 Å². The van der Waals surface area contributed by atoms with E-state index in [1.165, 1.54) is 23.7 Å². The quantitative estimate of drug-likeness (QED) is 0.516. The fraction of sp³-hybridized carbons (Fsp3) is 0.200. The molecule has 0 saturated heterocycles. The van der Waals surface area contributed by atoms with E-state index in [2.05, 4.69) is 18.2 Å². The molecule has 1 atom stereocenters. The molecule has 1 aliphatic rings. The summed E-state index contributed by atoms with van der Waals surface area (Å²) >= 11 is 0. The molecule has 4 rings (SSSR count). The highest BCUT2D eigenvalue weighted by atomic mass is 16.6. The van der Waals surface area contributed by atoms with Gasteiger partial charge in [-0.25, -0.2) is 9.59 Å². The Kier molecular flexibility index (Phi) is 5.53. The van der Waals surface area contributed by atoms with Crippen molar-refractivity contribution in [2.24, 2.45) is 0 Å². The number of fused-ring (bicyclic) bond motifs is 3. The summed E-state index contributed by atoms with van der Waals surface area (Å²) in [6, 6.07) is 22.5. The van der Waals surface area contributed by atoms with E-state index in [9.17, 15) is 14.7 Å². The molecule has 0 saturated carbocycles. The molecule has 0 spiro atoms. The van der Waals surface area contributed by atoms with Crippen molar-refractivity contribution in [2.75, 3.05) is 7.05 Å². The summed E-state index contributed by atoms with van der Waals surface area (Å²) in [5.41, 5.74) is 6.60. The third kappa shape index (κ3) is 3.92. The number of hydrogen-bond acceptors (Lipinski definition) is 3. The number of carboxylic acid groups (broad SMARTS) is 1. The molecule has 0 unspecified atom stereocenters. The minimum Gasteiger partial charge on any atom is -0.480 e. The Morgan fingerprint density at radius 2 is 1.67 bits per heavy atom. The zero-order valence-corrected chi connectivity index (χ0v) is 16.7. The Morgan fingerprint density at radius 1 is 0.967 bits per heavy atom. The van der Waals surface area contributed by atoms with Gasteiger partial charge in [0.1, 0.15) is 12.6 Å². The number of carbonyl (C=O) groups is 2. The SMILES string of the molecule is CN(C(=O)OCc1cccc2c1Cc1ccccc1-2)[C@@H](Cc1ccccc1)C(=O)O. The zero-order chi connectivity index (χ0) is 21.1. The van der Waals surface area contributed by atoms with Gasteiger partial charge in [0.05, 0.1) is 0 Å². The maximum atomic E-state index is 12.6. The highest BCUT2D eigenvalue weighted by Crippen LogP contribution is 2.38. The molecule has 1 aliphatic carbocycles. The molecule has 1 N–H and O–H groups in total. The van der Waals surface area contributed by atoms with Crippen molar-refractivity contribution < 1.29 is 19.4 Å². The summed E-state index contributed by atoms with van der Waals surface area (Å²) < 4.78 is 5.51. The highest BCUT2D eigenvalue weighted by molar-refractivity contribution is 5.80. The van der Waals surface area contributed by atoms with Crippen LogP contribution in [0.15, 0.2) is 72.8 Å². The fourth-order valence-corrected chi connectivity index (χ4v) is 3.95. The number of rotatable bonds is 6. The molecule has 3 aromatic rings. The second kappa shape index (κ2) is 8.41. The third-order valence-electron chi connectivity index (χ3n) is 5.61. The predicted molar refractivity (Wildman–Crippen MR) is 114 cm³/mol. The lowest BCUT2D eigenvalue weighted by molar-refractivity contribution is -0.142. The number of carboxylic acids is 1. The van der Waals surface area contributed by atoms with Crippen molar-refractivity contribution in [1.29, 1.82) is 0 Å². The number of likely N-dealkylation sites (N-methyl/N-ethyl adjacent to an activating group) is 1. The van der Waals surface area contributed by atoms with Crippen molar-refractivity contribution in [3.63, 3.8) is 0 Å². The summed E-state index contributed by atoms with van der Waals surface area (Å²) in [6.07, 6.45) is 0.380. The van der Waals surface area contributed by atoms with E-state index in [4.69, 9.17) is 4.74 Å². The second-order valence-corrected chi connectivity index (χ2v) is 7.49. The van der Waals surface area contributed by atoms with Gasteiger partial charge < -0.3 is 9.84 Å². The van der Waals surface area contributed by atoms with E-state index < -0.39 is 18.1 Å². The molecule has 5 nitrogen and oxygen atoms in total. The van der Waals surface area contributed by atoms with E-state index >= 15 is 0 Å². The standard InChI is InChI=1S/C25H23NO4/c1-26(23(24(27)28)14-17-8-3-2-4-9-17)25(29)30-16-19-11-7-13-21-20-12-6-5-10-18(20)15-22(19)21/h2-13,23H,14-16H2,1H3,(H,27,28)/t23-/m0/s1. The lowest BCUT2D eigenvalue weighted by Gasteiger charge is -2.24. The molecule has 0 fully saturated rings. The average Bonchev–Trinajstić information content (AvgIpc) is 3.15. The number of benzene rings is 3. The van der Waals surface area contributed by atoms with Gasteiger partial charge in [0.15, 0.2) is 0 Å². The van der Waals surface area contributed by atoms with Crippen LogP contribution in [0.5, 0.6) is 0 Å². The van der Waals surface area contributed by atoms with Crippen LogP contribution in [0.4, 0.5) is 4.79 Å². The number of ether oxygens (including phenoxy) is 1. The zero-order valence-electron chi connectivity index (χ0n) is 16.7. The Labute approximate surface area is 175 Å². The molecule has 1 amide bonds. The summed E-state index contributed by atoms with van der Waals surface area (Å²) in [4.78, 5) is 25.5. The lowest BCUT2D eigenvalue weighted by Crippen LogP contribution is -2.44. The number of carbonyl (C=O) groups excluding carboxylic acids is 1. The van der Waals surface area contributed by atoms with Crippen LogP contribution >= 0.6 is 0 Å². The average molecular weight is 401 g/mol. The second-order valence-electron chi connectivity index (χ2n) is 7.49. The molecular weight excluding hydrogens is 378 g/mol. The molecule has 0 heterocycles. The maximum absolute atomic E-state index is 12.6. The van der Waals surface area contributed by atoms with Crippen molar-refractivity contribution in [1.82, 2.24) is 4.90 Å². The molecule has 152 valence electrons. The smallest absolute Gasteiger partial charge is 0.410 e. The summed E-state index contributed by atoms with van der Waals surface area (Å²) in [5.74, 6) is -1.06. The van der Waals surface area contributed by atoms with Gasteiger partial charge >= 0.3 is 12.1 Å². The number of hydrogen-bond donors (Lipinski definition) is 1. The van der Waals surface area contributed by atoms with Crippen LogP contribution in [0, 0.1) is 0 Å². The predicted octanol–water partition coefficient (Wildman–Crippen LogP) is 4.52. The summed E-state index contributed by atoms with van der Waals surface area (Å²) in [6.45, 7) is 0.109. The summed E-state index contributed by atoms with van der Waals surface area (Å²) in [7, 11) is 1.47. The molecule has 0 bridgehead atoms. The minimum absolute atomic E-state index is 0.109. The summed E-state index contributed by atoms with van der Waals surface area (Å²) in [5, 5.41) is 9.62. The van der Waals surface area contributed by atoms with Gasteiger partial charge in [0.2, 0.25) is 0 Å². The Morgan fingerprint density at radius 3 is 2.43 bits per heavy atom. The molecule has 0 aromatic heterocycles. The fourth-order valence-electron chi connectivity index (χ4n) is 3.95. The van der Waals surface area contributed by atoms with Gasteiger partial charge in [-0.2, -0.15) is 0 Å². The first-order chi connectivity index (χ1) is 14.5. The Balaban J connectivity index is 1.45. The first-order valence-electron chi connectivity index (χ1n) is 9.90. The van der Waals surface area contributed by atoms with Crippen LogP contribution in [0.25, 0.3) is 11.1 Å². The number of aliphatic carboxylic acids is 1. The van der Waals surface area contributed by atoms with Gasteiger partial charge in [-0.3, -0.25) is 4.90 Å². The van der Waals surface area contributed by atoms with Gasteiger partial charge in [-0.1, -0.05) is 72.8 Å². The third-order valence-corrected chi connectivity index (χ3v) is 5.61. The van der Waals surface area contributed by atoms with Crippen molar-refractivity contribution in [2.45, 2.75) is 25.5 Å². The Bertz CT molecular complexity index is 1080. The van der Waals surface area contributed by atoms with E-state index in [1.807, 2.05) is 54.6 Å². The molecule has 30 heavy (non-hydrogen) atoms. The van der Waals surface area contributed by atoms with Crippen LogP contribution in [-0.4, -0.2) is 35.2 Å². The first-order valence-corrected chi connectivity index (χ1v) is 9.90. The van der Waals surface area contributed by atoms with Gasteiger partial charge in [0, 0.05) is 13.5 Å². The largest absolute Gasteiger partial charge is 0.480 e. The maximum Gasteiger partial charge on any atom is 0.410 e. The van der Waals surface area contributed by atoms with Crippen LogP contribution in [0.2, 0.25) is 0 Å². The Hall–Kier alpha value is -3.60. The number of nitrogens with zero attached hydrogens (tertiary/aromatic N) is 1. The minimum atomic E-state index is -1.06.